The minimum Gasteiger partial charge on any atom is -0.495 e. The van der Waals surface area contributed by atoms with Gasteiger partial charge in [0.2, 0.25) is 11.8 Å². The molecule has 0 aliphatic rings. The molecule has 0 fully saturated rings. The Labute approximate surface area is 142 Å². The molecule has 0 radical (unpaired) electrons. The van der Waals surface area contributed by atoms with E-state index in [4.69, 9.17) is 16.3 Å². The second-order valence-electron chi connectivity index (χ2n) is 6.44. The van der Waals surface area contributed by atoms with Crippen LogP contribution in [0.15, 0.2) is 12.1 Å². The summed E-state index contributed by atoms with van der Waals surface area (Å²) in [4.78, 5) is 25.6. The Balaban J connectivity index is 2.78. The summed E-state index contributed by atoms with van der Waals surface area (Å²) in [6, 6.07) is 3.44. The predicted molar refractivity (Wildman–Crippen MR) is 93.1 cm³/mol. The molecule has 23 heavy (non-hydrogen) atoms. The molecule has 0 saturated heterocycles. The van der Waals surface area contributed by atoms with E-state index in [9.17, 15) is 9.59 Å². The molecule has 2 amide bonds. The minimum atomic E-state index is -0.319. The van der Waals surface area contributed by atoms with Crippen molar-refractivity contribution in [1.29, 1.82) is 0 Å². The van der Waals surface area contributed by atoms with Crippen LogP contribution in [0.25, 0.3) is 0 Å². The second-order valence-corrected chi connectivity index (χ2v) is 6.85. The number of hydrogen-bond donors (Lipinski definition) is 1. The summed E-state index contributed by atoms with van der Waals surface area (Å²) in [5, 5.41) is 3.39. The molecular formula is C17H25ClN2O3. The van der Waals surface area contributed by atoms with Gasteiger partial charge >= 0.3 is 0 Å². The summed E-state index contributed by atoms with van der Waals surface area (Å²) in [7, 11) is 1.52. The van der Waals surface area contributed by atoms with Gasteiger partial charge in [0, 0.05) is 36.5 Å². The van der Waals surface area contributed by atoms with E-state index in [2.05, 4.69) is 5.32 Å². The van der Waals surface area contributed by atoms with Gasteiger partial charge in [-0.15, -0.1) is 0 Å². The predicted octanol–water partition coefficient (Wildman–Crippen LogP) is 3.63. The quantitative estimate of drug-likeness (QED) is 0.890. The minimum absolute atomic E-state index is 0.0507. The first kappa shape index (κ1) is 19.3. The molecule has 6 heteroatoms. The number of hydrogen-bond acceptors (Lipinski definition) is 3. The van der Waals surface area contributed by atoms with Crippen LogP contribution in [0.1, 0.15) is 39.7 Å². The van der Waals surface area contributed by atoms with Gasteiger partial charge in [-0.05, 0) is 39.3 Å². The smallest absolute Gasteiger partial charge is 0.226 e. The van der Waals surface area contributed by atoms with Crippen LogP contribution < -0.4 is 10.1 Å². The lowest BCUT2D eigenvalue weighted by Crippen LogP contribution is -2.45. The van der Waals surface area contributed by atoms with Gasteiger partial charge in [0.1, 0.15) is 5.75 Å². The highest BCUT2D eigenvalue weighted by atomic mass is 35.5. The number of aryl methyl sites for hydroxylation is 1. The van der Waals surface area contributed by atoms with Crippen molar-refractivity contribution in [2.75, 3.05) is 19.0 Å². The molecule has 0 aromatic heterocycles. The molecule has 1 aromatic carbocycles. The Morgan fingerprint density at radius 2 is 1.91 bits per heavy atom. The molecule has 1 rings (SSSR count). The van der Waals surface area contributed by atoms with E-state index in [1.54, 1.807) is 17.0 Å². The summed E-state index contributed by atoms with van der Waals surface area (Å²) < 4.78 is 5.24. The van der Waals surface area contributed by atoms with Crippen molar-refractivity contribution in [1.82, 2.24) is 4.90 Å². The first-order valence-corrected chi connectivity index (χ1v) is 7.86. The lowest BCUT2D eigenvalue weighted by atomic mass is 10.1. The van der Waals surface area contributed by atoms with Crippen LogP contribution in [0, 0.1) is 6.92 Å². The molecule has 1 aromatic rings. The Kier molecular flexibility index (Phi) is 6.45. The summed E-state index contributed by atoms with van der Waals surface area (Å²) >= 11 is 6.05. The maximum absolute atomic E-state index is 12.2. The highest BCUT2D eigenvalue weighted by Gasteiger charge is 2.24. The number of amides is 2. The van der Waals surface area contributed by atoms with E-state index in [0.29, 0.717) is 23.0 Å². The summed E-state index contributed by atoms with van der Waals surface area (Å²) in [5.41, 5.74) is 1.10. The molecule has 0 heterocycles. The number of halogens is 1. The van der Waals surface area contributed by atoms with Gasteiger partial charge in [-0.3, -0.25) is 9.59 Å². The molecule has 0 bridgehead atoms. The Bertz CT molecular complexity index is 594. The van der Waals surface area contributed by atoms with E-state index < -0.39 is 0 Å². The summed E-state index contributed by atoms with van der Waals surface area (Å²) in [5.74, 6) is 0.277. The SMILES string of the molecule is COc1cc(Cl)c(C)cc1NC(=O)CCN(C(C)=O)C(C)(C)C. The highest BCUT2D eigenvalue weighted by molar-refractivity contribution is 6.31. The molecule has 0 saturated carbocycles. The first-order chi connectivity index (χ1) is 10.6. The molecule has 0 spiro atoms. The highest BCUT2D eigenvalue weighted by Crippen LogP contribution is 2.31. The standard InChI is InChI=1S/C17H25ClN2O3/c1-11-9-14(15(23-6)10-13(11)18)19-16(22)7-8-20(12(2)21)17(3,4)5/h9-10H,7-8H2,1-6H3,(H,19,22). The Morgan fingerprint density at radius 1 is 1.30 bits per heavy atom. The largest absolute Gasteiger partial charge is 0.495 e. The van der Waals surface area contributed by atoms with Gasteiger partial charge in [-0.2, -0.15) is 0 Å². The number of carbonyl (C=O) groups is 2. The topological polar surface area (TPSA) is 58.6 Å². The Morgan fingerprint density at radius 3 is 2.39 bits per heavy atom. The number of rotatable bonds is 5. The van der Waals surface area contributed by atoms with Crippen LogP contribution in [0.4, 0.5) is 5.69 Å². The number of nitrogens with zero attached hydrogens (tertiary/aromatic N) is 1. The molecule has 1 N–H and O–H groups in total. The van der Waals surface area contributed by atoms with Crippen molar-refractivity contribution in [2.24, 2.45) is 0 Å². The van der Waals surface area contributed by atoms with Crippen molar-refractivity contribution in [3.8, 4) is 5.75 Å². The van der Waals surface area contributed by atoms with E-state index in [1.165, 1.54) is 14.0 Å². The second kappa shape index (κ2) is 7.68. The zero-order valence-corrected chi connectivity index (χ0v) is 15.4. The number of benzene rings is 1. The van der Waals surface area contributed by atoms with Crippen molar-refractivity contribution in [2.45, 2.75) is 46.6 Å². The normalized spacial score (nSPS) is 11.1. The molecule has 0 aliphatic carbocycles. The van der Waals surface area contributed by atoms with Gasteiger partial charge in [0.05, 0.1) is 12.8 Å². The zero-order chi connectivity index (χ0) is 17.8. The van der Waals surface area contributed by atoms with E-state index in [1.807, 2.05) is 27.7 Å². The number of methoxy groups -OCH3 is 1. The first-order valence-electron chi connectivity index (χ1n) is 7.48. The van der Waals surface area contributed by atoms with E-state index in [-0.39, 0.29) is 23.8 Å². The number of nitrogens with one attached hydrogen (secondary N) is 1. The number of anilines is 1. The third-order valence-electron chi connectivity index (χ3n) is 3.51. The van der Waals surface area contributed by atoms with Crippen LogP contribution in [-0.4, -0.2) is 35.9 Å². The summed E-state index contributed by atoms with van der Waals surface area (Å²) in [6.07, 6.45) is 0.210. The van der Waals surface area contributed by atoms with Crippen LogP contribution in [-0.2, 0) is 9.59 Å². The summed E-state index contributed by atoms with van der Waals surface area (Å²) in [6.45, 7) is 9.55. The van der Waals surface area contributed by atoms with Gasteiger partial charge in [-0.1, -0.05) is 11.6 Å². The number of carbonyl (C=O) groups excluding carboxylic acids is 2. The van der Waals surface area contributed by atoms with Gasteiger partial charge in [0.25, 0.3) is 0 Å². The van der Waals surface area contributed by atoms with Crippen LogP contribution in [0.5, 0.6) is 5.75 Å². The molecule has 0 atom stereocenters. The van der Waals surface area contributed by atoms with Crippen LogP contribution >= 0.6 is 11.6 Å². The van der Waals surface area contributed by atoms with Crippen molar-refractivity contribution >= 4 is 29.1 Å². The van der Waals surface area contributed by atoms with Crippen molar-refractivity contribution < 1.29 is 14.3 Å². The van der Waals surface area contributed by atoms with Crippen molar-refractivity contribution in [3.63, 3.8) is 0 Å². The third-order valence-corrected chi connectivity index (χ3v) is 3.91. The molecule has 128 valence electrons. The fourth-order valence-corrected chi connectivity index (χ4v) is 2.47. The van der Waals surface area contributed by atoms with E-state index in [0.717, 1.165) is 5.56 Å². The average molecular weight is 341 g/mol. The van der Waals surface area contributed by atoms with Gasteiger partial charge < -0.3 is 15.0 Å². The van der Waals surface area contributed by atoms with Crippen LogP contribution in [0.3, 0.4) is 0 Å². The maximum atomic E-state index is 12.2. The fourth-order valence-electron chi connectivity index (χ4n) is 2.32. The molecular weight excluding hydrogens is 316 g/mol. The zero-order valence-electron chi connectivity index (χ0n) is 14.6. The Hall–Kier alpha value is -1.75. The van der Waals surface area contributed by atoms with E-state index >= 15 is 0 Å². The third kappa shape index (κ3) is 5.43. The average Bonchev–Trinajstić information content (AvgIpc) is 2.40. The van der Waals surface area contributed by atoms with Crippen molar-refractivity contribution in [3.05, 3.63) is 22.7 Å². The lowest BCUT2D eigenvalue weighted by molar-refractivity contribution is -0.134. The van der Waals surface area contributed by atoms with Gasteiger partial charge in [-0.25, -0.2) is 0 Å². The monoisotopic (exact) mass is 340 g/mol. The molecule has 0 unspecified atom stereocenters. The maximum Gasteiger partial charge on any atom is 0.226 e. The number of ether oxygens (including phenoxy) is 1. The molecule has 0 aliphatic heterocycles. The van der Waals surface area contributed by atoms with Crippen LogP contribution in [0.2, 0.25) is 5.02 Å². The molecule has 5 nitrogen and oxygen atoms in total. The lowest BCUT2D eigenvalue weighted by Gasteiger charge is -2.34. The van der Waals surface area contributed by atoms with Gasteiger partial charge in [0.15, 0.2) is 0 Å². The fraction of sp³-hybridized carbons (Fsp3) is 0.529.